The second kappa shape index (κ2) is 7.59. The van der Waals surface area contributed by atoms with Gasteiger partial charge >= 0.3 is 0 Å². The lowest BCUT2D eigenvalue weighted by Crippen LogP contribution is -2.12. The van der Waals surface area contributed by atoms with Crippen LogP contribution in [0.15, 0.2) is 67.9 Å². The second-order valence-corrected chi connectivity index (χ2v) is 6.37. The highest BCUT2D eigenvalue weighted by Gasteiger charge is 2.08. The molecule has 0 atom stereocenters. The van der Waals surface area contributed by atoms with Gasteiger partial charge in [-0.25, -0.2) is 15.0 Å². The van der Waals surface area contributed by atoms with Crippen LogP contribution in [0.4, 0.5) is 0 Å². The minimum Gasteiger partial charge on any atom is -0.497 e. The third kappa shape index (κ3) is 3.87. The van der Waals surface area contributed by atoms with Gasteiger partial charge in [0.25, 0.3) is 0 Å². The lowest BCUT2D eigenvalue weighted by Gasteiger charge is -1.99. The molecule has 132 valence electrons. The number of oxazole rings is 1. The molecule has 0 radical (unpaired) electrons. The van der Waals surface area contributed by atoms with E-state index < -0.39 is 0 Å². The Morgan fingerprint density at radius 3 is 2.81 bits per heavy atom. The minimum atomic E-state index is 0.502. The van der Waals surface area contributed by atoms with Gasteiger partial charge in [-0.3, -0.25) is 0 Å². The maximum Gasteiger partial charge on any atom is 0.209 e. The van der Waals surface area contributed by atoms with Crippen molar-refractivity contribution in [2.24, 2.45) is 0 Å². The zero-order valence-electron chi connectivity index (χ0n) is 14.0. The number of fused-ring (bicyclic) bond motifs is 1. The van der Waals surface area contributed by atoms with E-state index in [1.807, 2.05) is 30.3 Å². The van der Waals surface area contributed by atoms with Crippen molar-refractivity contribution >= 4 is 22.9 Å². The van der Waals surface area contributed by atoms with Crippen LogP contribution in [-0.4, -0.2) is 22.1 Å². The average Bonchev–Trinajstić information content (AvgIpc) is 3.28. The van der Waals surface area contributed by atoms with Crippen molar-refractivity contribution in [3.63, 3.8) is 0 Å². The Balaban J connectivity index is 1.33. The van der Waals surface area contributed by atoms with Gasteiger partial charge in [0, 0.05) is 18.5 Å². The molecule has 1 aromatic carbocycles. The van der Waals surface area contributed by atoms with Crippen molar-refractivity contribution in [1.82, 2.24) is 20.3 Å². The van der Waals surface area contributed by atoms with Crippen molar-refractivity contribution in [2.45, 2.75) is 23.3 Å². The van der Waals surface area contributed by atoms with Crippen LogP contribution in [0.1, 0.15) is 11.7 Å². The number of methoxy groups -OCH3 is 1. The maximum absolute atomic E-state index is 5.77. The van der Waals surface area contributed by atoms with E-state index in [4.69, 9.17) is 13.6 Å². The number of hydrogen-bond acceptors (Lipinski definition) is 8. The predicted molar refractivity (Wildman–Crippen MR) is 96.0 cm³/mol. The number of benzene rings is 1. The first-order valence-electron chi connectivity index (χ1n) is 7.98. The first-order valence-corrected chi connectivity index (χ1v) is 8.79. The summed E-state index contributed by atoms with van der Waals surface area (Å²) < 4.78 is 16.7. The van der Waals surface area contributed by atoms with Crippen LogP contribution in [0.5, 0.6) is 5.75 Å². The Hall–Kier alpha value is -2.84. The van der Waals surface area contributed by atoms with Gasteiger partial charge in [0.05, 0.1) is 20.2 Å². The molecule has 0 amide bonds. The van der Waals surface area contributed by atoms with E-state index in [9.17, 15) is 0 Å². The van der Waals surface area contributed by atoms with Crippen LogP contribution in [0, 0.1) is 0 Å². The van der Waals surface area contributed by atoms with Crippen molar-refractivity contribution in [2.75, 3.05) is 7.11 Å². The fourth-order valence-corrected chi connectivity index (χ4v) is 3.08. The van der Waals surface area contributed by atoms with Gasteiger partial charge in [-0.05, 0) is 42.1 Å². The van der Waals surface area contributed by atoms with Crippen molar-refractivity contribution < 1.29 is 13.6 Å². The van der Waals surface area contributed by atoms with E-state index in [1.54, 1.807) is 25.6 Å². The van der Waals surface area contributed by atoms with E-state index >= 15 is 0 Å². The third-order valence-electron chi connectivity index (χ3n) is 3.59. The average molecular weight is 368 g/mol. The molecule has 0 aliphatic rings. The summed E-state index contributed by atoms with van der Waals surface area (Å²) in [5, 5.41) is 4.67. The molecule has 3 aromatic heterocycles. The summed E-state index contributed by atoms with van der Waals surface area (Å²) in [4.78, 5) is 12.8. The van der Waals surface area contributed by atoms with Crippen LogP contribution in [0.2, 0.25) is 0 Å². The van der Waals surface area contributed by atoms with Crippen molar-refractivity contribution in [1.29, 1.82) is 0 Å². The molecule has 0 saturated heterocycles. The molecular weight excluding hydrogens is 352 g/mol. The van der Waals surface area contributed by atoms with E-state index in [2.05, 4.69) is 20.3 Å². The third-order valence-corrected chi connectivity index (χ3v) is 4.40. The number of nitrogens with zero attached hydrogens (tertiary/aromatic N) is 3. The SMILES string of the molecule is COc1ccc2oc(CNCc3ccc(Sc4ncccn4)o3)nc2c1. The number of aromatic nitrogens is 3. The Morgan fingerprint density at radius 2 is 1.96 bits per heavy atom. The molecule has 7 nitrogen and oxygen atoms in total. The van der Waals surface area contributed by atoms with Gasteiger partial charge in [-0.15, -0.1) is 0 Å². The Morgan fingerprint density at radius 1 is 1.08 bits per heavy atom. The summed E-state index contributed by atoms with van der Waals surface area (Å²) in [7, 11) is 1.63. The summed E-state index contributed by atoms with van der Waals surface area (Å²) in [6.45, 7) is 1.07. The Kier molecular flexibility index (Phi) is 4.85. The summed E-state index contributed by atoms with van der Waals surface area (Å²) in [6.07, 6.45) is 3.41. The van der Waals surface area contributed by atoms with Gasteiger partial charge in [-0.2, -0.15) is 0 Å². The van der Waals surface area contributed by atoms with Crippen molar-refractivity contribution in [3.05, 3.63) is 60.4 Å². The largest absolute Gasteiger partial charge is 0.497 e. The van der Waals surface area contributed by atoms with Crippen LogP contribution < -0.4 is 10.1 Å². The van der Waals surface area contributed by atoms with Crippen LogP contribution >= 0.6 is 11.8 Å². The maximum atomic E-state index is 5.77. The number of hydrogen-bond donors (Lipinski definition) is 1. The van der Waals surface area contributed by atoms with Gasteiger partial charge in [0.1, 0.15) is 17.0 Å². The van der Waals surface area contributed by atoms with Crippen LogP contribution in [0.25, 0.3) is 11.1 Å². The van der Waals surface area contributed by atoms with E-state index in [0.717, 1.165) is 27.7 Å². The normalized spacial score (nSPS) is 11.1. The Labute approximate surface area is 153 Å². The lowest BCUT2D eigenvalue weighted by atomic mass is 10.3. The zero-order chi connectivity index (χ0) is 17.8. The van der Waals surface area contributed by atoms with Gasteiger partial charge < -0.3 is 18.9 Å². The zero-order valence-corrected chi connectivity index (χ0v) is 14.8. The molecule has 3 heterocycles. The molecular formula is C18H16N4O3S. The fraction of sp³-hybridized carbons (Fsp3) is 0.167. The molecule has 8 heteroatoms. The van der Waals surface area contributed by atoms with Crippen LogP contribution in [0.3, 0.4) is 0 Å². The van der Waals surface area contributed by atoms with Gasteiger partial charge in [0.2, 0.25) is 5.89 Å². The summed E-state index contributed by atoms with van der Waals surface area (Å²) in [5.41, 5.74) is 1.52. The molecule has 4 aromatic rings. The second-order valence-electron chi connectivity index (χ2n) is 5.40. The number of nitrogens with one attached hydrogen (secondary N) is 1. The molecule has 4 rings (SSSR count). The molecule has 0 aliphatic carbocycles. The summed E-state index contributed by atoms with van der Waals surface area (Å²) in [6, 6.07) is 11.2. The van der Waals surface area contributed by atoms with E-state index in [0.29, 0.717) is 24.1 Å². The van der Waals surface area contributed by atoms with Crippen molar-refractivity contribution in [3.8, 4) is 5.75 Å². The summed E-state index contributed by atoms with van der Waals surface area (Å²) in [5.74, 6) is 2.20. The molecule has 0 bridgehead atoms. The van der Waals surface area contributed by atoms with E-state index in [-0.39, 0.29) is 0 Å². The van der Waals surface area contributed by atoms with Gasteiger partial charge in [-0.1, -0.05) is 0 Å². The standard InChI is InChI=1S/C18H16N4O3S/c1-23-12-3-5-15-14(9-12)22-16(25-15)11-19-10-13-4-6-17(24-13)26-18-20-7-2-8-21-18/h2-9,19H,10-11H2,1H3. The molecule has 0 fully saturated rings. The minimum absolute atomic E-state index is 0.502. The fourth-order valence-electron chi connectivity index (χ4n) is 2.39. The highest BCUT2D eigenvalue weighted by Crippen LogP contribution is 2.26. The molecule has 26 heavy (non-hydrogen) atoms. The molecule has 0 aliphatic heterocycles. The summed E-state index contributed by atoms with van der Waals surface area (Å²) >= 11 is 1.39. The van der Waals surface area contributed by atoms with Gasteiger partial charge in [0.15, 0.2) is 15.8 Å². The number of rotatable bonds is 7. The topological polar surface area (TPSA) is 86.2 Å². The molecule has 0 unspecified atom stereocenters. The van der Waals surface area contributed by atoms with Crippen LogP contribution in [-0.2, 0) is 13.1 Å². The lowest BCUT2D eigenvalue weighted by molar-refractivity contribution is 0.407. The molecule has 0 spiro atoms. The number of ether oxygens (including phenoxy) is 1. The molecule has 0 saturated carbocycles. The first-order chi connectivity index (χ1) is 12.8. The highest BCUT2D eigenvalue weighted by molar-refractivity contribution is 7.99. The van der Waals surface area contributed by atoms with E-state index in [1.165, 1.54) is 11.8 Å². The highest BCUT2D eigenvalue weighted by atomic mass is 32.2. The molecule has 1 N–H and O–H groups in total. The number of furan rings is 1. The predicted octanol–water partition coefficient (Wildman–Crippen LogP) is 3.66. The monoisotopic (exact) mass is 368 g/mol. The first kappa shape index (κ1) is 16.6. The quantitative estimate of drug-likeness (QED) is 0.495. The smallest absolute Gasteiger partial charge is 0.209 e. The Bertz CT molecular complexity index is 1000.